The van der Waals surface area contributed by atoms with Gasteiger partial charge in [0.2, 0.25) is 0 Å². The van der Waals surface area contributed by atoms with Crippen molar-refractivity contribution in [1.82, 2.24) is 4.98 Å². The van der Waals surface area contributed by atoms with E-state index in [0.29, 0.717) is 28.7 Å². The van der Waals surface area contributed by atoms with E-state index in [2.05, 4.69) is 4.98 Å². The highest BCUT2D eigenvalue weighted by atomic mass is 32.1. The number of hydrogen-bond acceptors (Lipinski definition) is 7. The van der Waals surface area contributed by atoms with Crippen LogP contribution in [0.3, 0.4) is 0 Å². The van der Waals surface area contributed by atoms with E-state index in [9.17, 15) is 5.21 Å². The predicted octanol–water partition coefficient (Wildman–Crippen LogP) is 2.48. The summed E-state index contributed by atoms with van der Waals surface area (Å²) in [5, 5.41) is 22.2. The molecule has 0 spiro atoms. The maximum absolute atomic E-state index is 11.1. The van der Waals surface area contributed by atoms with Crippen LogP contribution in [-0.2, 0) is 0 Å². The summed E-state index contributed by atoms with van der Waals surface area (Å²) in [6.45, 7) is 2.20. The molecule has 18 heavy (non-hydrogen) atoms. The molecule has 0 atom stereocenters. The largest absolute Gasteiger partial charge is 0.733 e. The highest BCUT2D eigenvalue weighted by Gasteiger charge is 2.09. The van der Waals surface area contributed by atoms with E-state index in [-0.39, 0.29) is 10.9 Å². The second-order valence-electron chi connectivity index (χ2n) is 3.46. The molecule has 0 saturated carbocycles. The van der Waals surface area contributed by atoms with E-state index in [0.717, 1.165) is 0 Å². The summed E-state index contributed by atoms with van der Waals surface area (Å²) < 4.78 is 5.25. The first kappa shape index (κ1) is 12.6. The quantitative estimate of drug-likeness (QED) is 0.825. The van der Waals surface area contributed by atoms with Gasteiger partial charge in [0.05, 0.1) is 18.0 Å². The standard InChI is InChI=1S/C11H12N3O3S/c1-2-17-10-4-3-7(5-9(10)14(15)16)8-6-18-11(12)13-8/h3-6,15H,2H2,1H3,(H2,12,13)/q-1. The lowest BCUT2D eigenvalue weighted by Gasteiger charge is -2.24. The molecule has 0 radical (unpaired) electrons. The van der Waals surface area contributed by atoms with Gasteiger partial charge in [-0.15, -0.1) is 11.3 Å². The first-order chi connectivity index (χ1) is 8.61. The van der Waals surface area contributed by atoms with Crippen molar-refractivity contribution in [3.05, 3.63) is 28.8 Å². The van der Waals surface area contributed by atoms with E-state index in [4.69, 9.17) is 15.7 Å². The van der Waals surface area contributed by atoms with E-state index in [1.807, 2.05) is 0 Å². The third-order valence-electron chi connectivity index (χ3n) is 2.28. The van der Waals surface area contributed by atoms with Gasteiger partial charge >= 0.3 is 0 Å². The normalized spacial score (nSPS) is 10.4. The zero-order chi connectivity index (χ0) is 13.1. The van der Waals surface area contributed by atoms with Crippen LogP contribution in [0.2, 0.25) is 0 Å². The van der Waals surface area contributed by atoms with Gasteiger partial charge in [0.25, 0.3) is 0 Å². The number of nitrogens with two attached hydrogens (primary N) is 1. The van der Waals surface area contributed by atoms with E-state index in [1.165, 1.54) is 17.4 Å². The lowest BCUT2D eigenvalue weighted by molar-refractivity contribution is 0.284. The Labute approximate surface area is 108 Å². The minimum Gasteiger partial charge on any atom is -0.733 e. The molecule has 1 heterocycles. The molecular weight excluding hydrogens is 254 g/mol. The van der Waals surface area contributed by atoms with Crippen LogP contribution < -0.4 is 15.7 Å². The number of aromatic nitrogens is 1. The van der Waals surface area contributed by atoms with Crippen molar-refractivity contribution in [3.8, 4) is 17.0 Å². The summed E-state index contributed by atoms with van der Waals surface area (Å²) in [6.07, 6.45) is 0. The molecule has 96 valence electrons. The van der Waals surface area contributed by atoms with Crippen LogP contribution in [-0.4, -0.2) is 16.8 Å². The molecule has 0 amide bonds. The van der Waals surface area contributed by atoms with Gasteiger partial charge < -0.3 is 20.9 Å². The lowest BCUT2D eigenvalue weighted by atomic mass is 10.1. The molecule has 2 aromatic rings. The molecule has 0 unspecified atom stereocenters. The van der Waals surface area contributed by atoms with Crippen molar-refractivity contribution < 1.29 is 9.94 Å². The van der Waals surface area contributed by atoms with Crippen molar-refractivity contribution >= 4 is 22.2 Å². The van der Waals surface area contributed by atoms with Gasteiger partial charge in [0.1, 0.15) is 5.75 Å². The van der Waals surface area contributed by atoms with Crippen molar-refractivity contribution in [2.45, 2.75) is 6.92 Å². The molecular formula is C11H12N3O3S-. The number of ether oxygens (including phenoxy) is 1. The summed E-state index contributed by atoms with van der Waals surface area (Å²) in [5.41, 5.74) is 6.94. The van der Waals surface area contributed by atoms with Gasteiger partial charge in [0.15, 0.2) is 5.13 Å². The molecule has 0 fully saturated rings. The summed E-state index contributed by atoms with van der Waals surface area (Å²) in [4.78, 5) is 4.11. The van der Waals surface area contributed by atoms with Crippen LogP contribution in [0.15, 0.2) is 23.6 Å². The Hall–Kier alpha value is -1.83. The van der Waals surface area contributed by atoms with Crippen LogP contribution in [0, 0.1) is 5.21 Å². The zero-order valence-corrected chi connectivity index (χ0v) is 10.5. The SMILES string of the molecule is CCOc1ccc(-c2csc(N)n2)cc1N([O-])O. The molecule has 0 aliphatic heterocycles. The van der Waals surface area contributed by atoms with Gasteiger partial charge in [-0.1, -0.05) is 0 Å². The molecule has 6 nitrogen and oxygen atoms in total. The Morgan fingerprint density at radius 2 is 2.33 bits per heavy atom. The summed E-state index contributed by atoms with van der Waals surface area (Å²) in [5.74, 6) is 0.321. The zero-order valence-electron chi connectivity index (χ0n) is 9.66. The fourth-order valence-electron chi connectivity index (χ4n) is 1.52. The summed E-state index contributed by atoms with van der Waals surface area (Å²) >= 11 is 1.31. The Morgan fingerprint density at radius 3 is 2.89 bits per heavy atom. The first-order valence-electron chi connectivity index (χ1n) is 5.26. The van der Waals surface area contributed by atoms with Gasteiger partial charge in [-0.05, 0) is 25.1 Å². The monoisotopic (exact) mass is 266 g/mol. The number of nitrogen functional groups attached to an aromatic ring is 1. The first-order valence-corrected chi connectivity index (χ1v) is 6.14. The molecule has 0 aliphatic carbocycles. The third-order valence-corrected chi connectivity index (χ3v) is 2.96. The molecule has 3 N–H and O–H groups in total. The number of benzene rings is 1. The fourth-order valence-corrected chi connectivity index (χ4v) is 2.10. The molecule has 2 rings (SSSR count). The van der Waals surface area contributed by atoms with E-state index >= 15 is 0 Å². The third kappa shape index (κ3) is 2.53. The van der Waals surface area contributed by atoms with E-state index in [1.54, 1.807) is 24.4 Å². The van der Waals surface area contributed by atoms with Crippen LogP contribution in [0.25, 0.3) is 11.3 Å². The highest BCUT2D eigenvalue weighted by Crippen LogP contribution is 2.33. The molecule has 7 heteroatoms. The van der Waals surface area contributed by atoms with Crippen LogP contribution >= 0.6 is 11.3 Å². The van der Waals surface area contributed by atoms with E-state index < -0.39 is 0 Å². The smallest absolute Gasteiger partial charge is 0.180 e. The second kappa shape index (κ2) is 5.21. The van der Waals surface area contributed by atoms with Gasteiger partial charge in [-0.25, -0.2) is 4.98 Å². The fraction of sp³-hybridized carbons (Fsp3) is 0.182. The average molecular weight is 266 g/mol. The molecule has 0 saturated heterocycles. The van der Waals surface area contributed by atoms with Crippen LogP contribution in [0.4, 0.5) is 10.8 Å². The Morgan fingerprint density at radius 1 is 1.56 bits per heavy atom. The number of nitrogens with zero attached hydrogens (tertiary/aromatic N) is 2. The van der Waals surface area contributed by atoms with Crippen LogP contribution in [0.1, 0.15) is 6.92 Å². The van der Waals surface area contributed by atoms with Gasteiger partial charge in [-0.3, -0.25) is 5.21 Å². The Balaban J connectivity index is 2.42. The summed E-state index contributed by atoms with van der Waals surface area (Å²) in [6, 6.07) is 4.88. The van der Waals surface area contributed by atoms with Crippen molar-refractivity contribution in [2.24, 2.45) is 0 Å². The average Bonchev–Trinajstić information content (AvgIpc) is 2.76. The minimum absolute atomic E-state index is 0.0425. The van der Waals surface area contributed by atoms with Gasteiger partial charge in [-0.2, -0.15) is 0 Å². The Kier molecular flexibility index (Phi) is 3.66. The van der Waals surface area contributed by atoms with Crippen LogP contribution in [0.5, 0.6) is 5.75 Å². The molecule has 1 aromatic heterocycles. The summed E-state index contributed by atoms with van der Waals surface area (Å²) in [7, 11) is 0. The number of anilines is 2. The van der Waals surface area contributed by atoms with Crippen molar-refractivity contribution in [3.63, 3.8) is 0 Å². The Bertz CT molecular complexity index is 542. The number of thiazole rings is 1. The van der Waals surface area contributed by atoms with Crippen molar-refractivity contribution in [1.29, 1.82) is 0 Å². The molecule has 1 aromatic carbocycles. The maximum atomic E-state index is 11.1. The predicted molar refractivity (Wildman–Crippen MR) is 70.8 cm³/mol. The minimum atomic E-state index is -0.218. The maximum Gasteiger partial charge on any atom is 0.180 e. The van der Waals surface area contributed by atoms with Gasteiger partial charge in [0, 0.05) is 10.9 Å². The lowest BCUT2D eigenvalue weighted by Crippen LogP contribution is -2.09. The van der Waals surface area contributed by atoms with Crippen molar-refractivity contribution in [2.75, 3.05) is 17.6 Å². The topological polar surface area (TPSA) is 94.7 Å². The highest BCUT2D eigenvalue weighted by molar-refractivity contribution is 7.13. The second-order valence-corrected chi connectivity index (χ2v) is 4.35. The molecule has 0 aliphatic rings. The number of rotatable bonds is 4. The number of hydrogen-bond donors (Lipinski definition) is 2. The molecule has 0 bridgehead atoms.